The van der Waals surface area contributed by atoms with Crippen LogP contribution in [0, 0.1) is 0 Å². The quantitative estimate of drug-likeness (QED) is 0.616. The number of hydrogen-bond donors (Lipinski definition) is 1. The molecule has 118 valence electrons. The molecule has 1 heterocycles. The summed E-state index contributed by atoms with van der Waals surface area (Å²) >= 11 is 3.34. The fourth-order valence-corrected chi connectivity index (χ4v) is 4.00. The van der Waals surface area contributed by atoms with Gasteiger partial charge in [-0.15, -0.1) is 10.2 Å². The van der Waals surface area contributed by atoms with E-state index >= 15 is 0 Å². The lowest BCUT2D eigenvalue weighted by molar-refractivity contribution is 0.883. The van der Waals surface area contributed by atoms with Gasteiger partial charge in [0.25, 0.3) is 0 Å². The van der Waals surface area contributed by atoms with Crippen molar-refractivity contribution in [3.8, 4) is 11.1 Å². The maximum absolute atomic E-state index is 4.22. The Labute approximate surface area is 145 Å². The third kappa shape index (κ3) is 4.56. The molecule has 0 bridgehead atoms. The average molecular weight is 342 g/mol. The fourth-order valence-electron chi connectivity index (χ4n) is 2.14. The van der Waals surface area contributed by atoms with Gasteiger partial charge in [0.1, 0.15) is 0 Å². The van der Waals surface area contributed by atoms with Crippen molar-refractivity contribution in [1.29, 1.82) is 0 Å². The Morgan fingerprint density at radius 3 is 2.35 bits per heavy atom. The van der Waals surface area contributed by atoms with Crippen LogP contribution in [0.15, 0.2) is 58.9 Å². The van der Waals surface area contributed by atoms with Crippen LogP contribution in [-0.2, 0) is 5.75 Å². The van der Waals surface area contributed by atoms with Crippen molar-refractivity contribution < 1.29 is 0 Å². The summed E-state index contributed by atoms with van der Waals surface area (Å²) in [4.78, 5) is 0. The van der Waals surface area contributed by atoms with Gasteiger partial charge in [-0.25, -0.2) is 0 Å². The lowest BCUT2D eigenvalue weighted by atomic mass is 10.0. The van der Waals surface area contributed by atoms with Crippen LogP contribution in [0.25, 0.3) is 11.1 Å². The van der Waals surface area contributed by atoms with E-state index < -0.39 is 0 Å². The SMILES string of the molecule is CC(C)Nc1nnc(SCc2ccc(-c3ccccc3)cc2)s1. The Bertz CT molecular complexity index is 736. The Morgan fingerprint density at radius 2 is 1.65 bits per heavy atom. The summed E-state index contributed by atoms with van der Waals surface area (Å²) in [5, 5.41) is 12.5. The van der Waals surface area contributed by atoms with Crippen LogP contribution in [0.2, 0.25) is 0 Å². The fraction of sp³-hybridized carbons (Fsp3) is 0.222. The topological polar surface area (TPSA) is 37.8 Å². The van der Waals surface area contributed by atoms with Gasteiger partial charge in [-0.3, -0.25) is 0 Å². The lowest BCUT2D eigenvalue weighted by Crippen LogP contribution is -2.08. The molecular formula is C18H19N3S2. The predicted molar refractivity (Wildman–Crippen MR) is 100 cm³/mol. The summed E-state index contributed by atoms with van der Waals surface area (Å²) in [6.45, 7) is 4.20. The Balaban J connectivity index is 1.59. The number of aromatic nitrogens is 2. The van der Waals surface area contributed by atoms with E-state index in [2.05, 4.69) is 77.9 Å². The van der Waals surface area contributed by atoms with E-state index in [4.69, 9.17) is 0 Å². The van der Waals surface area contributed by atoms with Crippen molar-refractivity contribution in [1.82, 2.24) is 10.2 Å². The molecule has 0 saturated heterocycles. The molecule has 0 amide bonds. The van der Waals surface area contributed by atoms with Gasteiger partial charge >= 0.3 is 0 Å². The van der Waals surface area contributed by atoms with Gasteiger partial charge in [-0.1, -0.05) is 77.7 Å². The maximum atomic E-state index is 4.22. The number of benzene rings is 2. The first-order valence-corrected chi connectivity index (χ1v) is 9.38. The Hall–Kier alpha value is -1.85. The van der Waals surface area contributed by atoms with Gasteiger partial charge in [-0.05, 0) is 30.5 Å². The lowest BCUT2D eigenvalue weighted by Gasteiger charge is -2.04. The summed E-state index contributed by atoms with van der Waals surface area (Å²) in [7, 11) is 0. The first kappa shape index (κ1) is 16.0. The molecule has 2 aromatic carbocycles. The van der Waals surface area contributed by atoms with Crippen LogP contribution in [-0.4, -0.2) is 16.2 Å². The monoisotopic (exact) mass is 341 g/mol. The summed E-state index contributed by atoms with van der Waals surface area (Å²) in [6, 6.07) is 19.5. The first-order valence-electron chi connectivity index (χ1n) is 7.58. The predicted octanol–water partition coefficient (Wildman–Crippen LogP) is 5.32. The number of rotatable bonds is 6. The van der Waals surface area contributed by atoms with Gasteiger partial charge in [0.2, 0.25) is 5.13 Å². The summed E-state index contributed by atoms with van der Waals surface area (Å²) in [5.74, 6) is 0.908. The first-order chi connectivity index (χ1) is 11.2. The molecule has 0 aliphatic carbocycles. The molecule has 0 saturated carbocycles. The molecule has 23 heavy (non-hydrogen) atoms. The minimum absolute atomic E-state index is 0.381. The second-order valence-electron chi connectivity index (χ2n) is 5.52. The van der Waals surface area contributed by atoms with Gasteiger partial charge < -0.3 is 5.32 Å². The van der Waals surface area contributed by atoms with Crippen LogP contribution in [0.1, 0.15) is 19.4 Å². The average Bonchev–Trinajstić information content (AvgIpc) is 3.01. The third-order valence-electron chi connectivity index (χ3n) is 3.24. The van der Waals surface area contributed by atoms with E-state index in [0.29, 0.717) is 6.04 Å². The van der Waals surface area contributed by atoms with Crippen LogP contribution >= 0.6 is 23.1 Å². The molecular weight excluding hydrogens is 322 g/mol. The molecule has 3 nitrogen and oxygen atoms in total. The normalized spacial score (nSPS) is 10.9. The zero-order valence-corrected chi connectivity index (χ0v) is 14.8. The highest BCUT2D eigenvalue weighted by Gasteiger charge is 2.06. The van der Waals surface area contributed by atoms with Gasteiger partial charge in [-0.2, -0.15) is 0 Å². The second kappa shape index (κ2) is 7.62. The maximum Gasteiger partial charge on any atom is 0.206 e. The van der Waals surface area contributed by atoms with Crippen LogP contribution in [0.3, 0.4) is 0 Å². The van der Waals surface area contributed by atoms with Crippen molar-refractivity contribution >= 4 is 28.2 Å². The molecule has 0 aliphatic heterocycles. The van der Waals surface area contributed by atoms with Crippen LogP contribution < -0.4 is 5.32 Å². The largest absolute Gasteiger partial charge is 0.358 e. The number of hydrogen-bond acceptors (Lipinski definition) is 5. The van der Waals surface area contributed by atoms with Crippen molar-refractivity contribution in [2.45, 2.75) is 30.0 Å². The Morgan fingerprint density at radius 1 is 0.957 bits per heavy atom. The van der Waals surface area contributed by atoms with Gasteiger partial charge in [0, 0.05) is 11.8 Å². The highest BCUT2D eigenvalue weighted by Crippen LogP contribution is 2.29. The van der Waals surface area contributed by atoms with Crippen molar-refractivity contribution in [3.05, 3.63) is 60.2 Å². The van der Waals surface area contributed by atoms with Crippen LogP contribution in [0.4, 0.5) is 5.13 Å². The summed E-state index contributed by atoms with van der Waals surface area (Å²) in [5.41, 5.74) is 3.79. The smallest absolute Gasteiger partial charge is 0.206 e. The minimum atomic E-state index is 0.381. The minimum Gasteiger partial charge on any atom is -0.358 e. The molecule has 0 fully saturated rings. The van der Waals surface area contributed by atoms with E-state index in [0.717, 1.165) is 15.2 Å². The van der Waals surface area contributed by atoms with Crippen molar-refractivity contribution in [2.24, 2.45) is 0 Å². The molecule has 3 aromatic rings. The number of thioether (sulfide) groups is 1. The number of nitrogens with zero attached hydrogens (tertiary/aromatic N) is 2. The molecule has 1 N–H and O–H groups in total. The van der Waals surface area contributed by atoms with E-state index in [1.165, 1.54) is 16.7 Å². The molecule has 0 atom stereocenters. The molecule has 1 aromatic heterocycles. The van der Waals surface area contributed by atoms with Crippen LogP contribution in [0.5, 0.6) is 0 Å². The molecule has 3 rings (SSSR count). The number of anilines is 1. The van der Waals surface area contributed by atoms with E-state index in [1.54, 1.807) is 23.1 Å². The molecule has 0 radical (unpaired) electrons. The van der Waals surface area contributed by atoms with Crippen molar-refractivity contribution in [2.75, 3.05) is 5.32 Å². The zero-order chi connectivity index (χ0) is 16.1. The highest BCUT2D eigenvalue weighted by molar-refractivity contribution is 8.00. The van der Waals surface area contributed by atoms with Gasteiger partial charge in [0.15, 0.2) is 4.34 Å². The summed E-state index contributed by atoms with van der Waals surface area (Å²) < 4.78 is 1.00. The molecule has 0 aliphatic rings. The Kier molecular flexibility index (Phi) is 5.31. The second-order valence-corrected chi connectivity index (χ2v) is 7.72. The molecule has 5 heteroatoms. The van der Waals surface area contributed by atoms with Gasteiger partial charge in [0.05, 0.1) is 0 Å². The molecule has 0 spiro atoms. The van der Waals surface area contributed by atoms with E-state index in [9.17, 15) is 0 Å². The zero-order valence-electron chi connectivity index (χ0n) is 13.2. The summed E-state index contributed by atoms with van der Waals surface area (Å²) in [6.07, 6.45) is 0. The van der Waals surface area contributed by atoms with E-state index in [-0.39, 0.29) is 0 Å². The third-order valence-corrected chi connectivity index (χ3v) is 5.30. The molecule has 0 unspecified atom stereocenters. The number of nitrogens with one attached hydrogen (secondary N) is 1. The highest BCUT2D eigenvalue weighted by atomic mass is 32.2. The van der Waals surface area contributed by atoms with Crippen molar-refractivity contribution in [3.63, 3.8) is 0 Å². The standard InChI is InChI=1S/C18H19N3S2/c1-13(2)19-17-20-21-18(23-17)22-12-14-8-10-16(11-9-14)15-6-4-3-5-7-15/h3-11,13H,12H2,1-2H3,(H,19,20). The van der Waals surface area contributed by atoms with E-state index in [1.807, 2.05) is 6.07 Å².